The van der Waals surface area contributed by atoms with Crippen LogP contribution in [0.4, 0.5) is 36.2 Å². The van der Waals surface area contributed by atoms with E-state index in [1.54, 1.807) is 0 Å². The highest BCUT2D eigenvalue weighted by molar-refractivity contribution is 5.79. The van der Waals surface area contributed by atoms with Crippen molar-refractivity contribution in [3.05, 3.63) is 68.5 Å². The van der Waals surface area contributed by atoms with Crippen molar-refractivity contribution in [1.29, 1.82) is 0 Å². The molecule has 0 aliphatic carbocycles. The van der Waals surface area contributed by atoms with Crippen molar-refractivity contribution in [1.82, 2.24) is 15.2 Å². The number of nitro groups is 2. The van der Waals surface area contributed by atoms with Gasteiger partial charge in [-0.1, -0.05) is 12.1 Å². The zero-order chi connectivity index (χ0) is 20.5. The molecule has 1 heterocycles. The summed E-state index contributed by atoms with van der Waals surface area (Å²) in [6.45, 7) is 0. The fourth-order valence-corrected chi connectivity index (χ4v) is 2.56. The summed E-state index contributed by atoms with van der Waals surface area (Å²) in [6, 6.07) is 5.82. The van der Waals surface area contributed by atoms with Crippen molar-refractivity contribution >= 4 is 23.0 Å². The van der Waals surface area contributed by atoms with Crippen LogP contribution in [0.5, 0.6) is 0 Å². The number of nitrogens with zero attached hydrogens (tertiary/aromatic N) is 4. The summed E-state index contributed by atoms with van der Waals surface area (Å²) < 4.78 is 41.4. The number of nitrogens with one attached hydrogen (secondary N) is 2. The maximum Gasteiger partial charge on any atom is 0.419 e. The fourth-order valence-electron chi connectivity index (χ4n) is 2.56. The fraction of sp³-hybridized carbons (Fsp3) is 0.0667. The molecular weight excluding hydrogens is 385 g/mol. The molecule has 144 valence electrons. The van der Waals surface area contributed by atoms with Crippen LogP contribution in [0, 0.1) is 20.2 Å². The van der Waals surface area contributed by atoms with E-state index in [-0.39, 0.29) is 11.5 Å². The van der Waals surface area contributed by atoms with Gasteiger partial charge in [-0.25, -0.2) is 5.10 Å². The third-order valence-corrected chi connectivity index (χ3v) is 3.65. The van der Waals surface area contributed by atoms with Crippen LogP contribution in [0.1, 0.15) is 5.56 Å². The number of aromatic amines is 1. The Balaban J connectivity index is 2.24. The molecule has 0 atom stereocenters. The quantitative estimate of drug-likeness (QED) is 0.491. The number of halogens is 3. The number of anilines is 2. The van der Waals surface area contributed by atoms with E-state index in [9.17, 15) is 33.4 Å². The van der Waals surface area contributed by atoms with E-state index in [1.807, 2.05) is 0 Å². The van der Waals surface area contributed by atoms with Crippen LogP contribution in [0.25, 0.3) is 11.1 Å². The molecule has 0 saturated heterocycles. The van der Waals surface area contributed by atoms with E-state index >= 15 is 0 Å². The Kier molecular flexibility index (Phi) is 4.65. The van der Waals surface area contributed by atoms with Gasteiger partial charge in [0.15, 0.2) is 0 Å². The molecule has 2 aromatic carbocycles. The van der Waals surface area contributed by atoms with Gasteiger partial charge in [-0.3, -0.25) is 20.2 Å². The number of H-pyrrole nitrogens is 1. The molecule has 0 fully saturated rings. The summed E-state index contributed by atoms with van der Waals surface area (Å²) >= 11 is 0. The summed E-state index contributed by atoms with van der Waals surface area (Å²) in [5.74, 6) is -0.0623. The lowest BCUT2D eigenvalue weighted by Gasteiger charge is -2.17. The minimum atomic E-state index is -4.88. The van der Waals surface area contributed by atoms with E-state index in [1.165, 1.54) is 6.07 Å². The van der Waals surface area contributed by atoms with Gasteiger partial charge in [0.25, 0.3) is 11.4 Å². The topological polar surface area (TPSA) is 140 Å². The van der Waals surface area contributed by atoms with Crippen LogP contribution in [-0.2, 0) is 6.18 Å². The molecule has 10 nitrogen and oxygen atoms in total. The summed E-state index contributed by atoms with van der Waals surface area (Å²) in [5, 5.41) is 30.4. The zero-order valence-corrected chi connectivity index (χ0v) is 13.6. The molecule has 3 aromatic rings. The minimum Gasteiger partial charge on any atom is -0.324 e. The first kappa shape index (κ1) is 18.8. The monoisotopic (exact) mass is 394 g/mol. The van der Waals surface area contributed by atoms with Gasteiger partial charge in [-0.15, -0.1) is 0 Å². The third kappa shape index (κ3) is 3.72. The van der Waals surface area contributed by atoms with Crippen LogP contribution in [0.2, 0.25) is 0 Å². The largest absolute Gasteiger partial charge is 0.419 e. The maximum atomic E-state index is 13.8. The Bertz CT molecular complexity index is 1020. The highest BCUT2D eigenvalue weighted by Gasteiger charge is 2.37. The van der Waals surface area contributed by atoms with E-state index < -0.39 is 44.2 Å². The van der Waals surface area contributed by atoms with Crippen LogP contribution in [0.3, 0.4) is 0 Å². The van der Waals surface area contributed by atoms with Gasteiger partial charge in [-0.2, -0.15) is 23.3 Å². The van der Waals surface area contributed by atoms with Crippen molar-refractivity contribution in [3.8, 4) is 11.1 Å². The molecule has 3 rings (SSSR count). The SMILES string of the molecule is O=[N+]([O-])c1cc(-c2cccc(Nc3ncn[nH]3)c2C(F)(F)F)cc([N+](=O)[O-])c1. The van der Waals surface area contributed by atoms with Crippen molar-refractivity contribution in [2.45, 2.75) is 6.18 Å². The maximum absolute atomic E-state index is 13.8. The Morgan fingerprint density at radius 2 is 1.68 bits per heavy atom. The summed E-state index contributed by atoms with van der Waals surface area (Å²) in [4.78, 5) is 24.0. The number of hydrogen-bond acceptors (Lipinski definition) is 7. The first-order valence-electron chi connectivity index (χ1n) is 7.43. The molecule has 0 spiro atoms. The Morgan fingerprint density at radius 1 is 1.04 bits per heavy atom. The molecule has 28 heavy (non-hydrogen) atoms. The van der Waals surface area contributed by atoms with E-state index in [0.717, 1.165) is 30.6 Å². The summed E-state index contributed by atoms with van der Waals surface area (Å²) in [5.41, 5.74) is -3.77. The Labute approximate surface area is 153 Å². The number of nitro benzene ring substituents is 2. The zero-order valence-electron chi connectivity index (χ0n) is 13.6. The molecular formula is C15H9F3N6O4. The first-order valence-corrected chi connectivity index (χ1v) is 7.43. The number of alkyl halides is 3. The van der Waals surface area contributed by atoms with Crippen LogP contribution in [-0.4, -0.2) is 25.0 Å². The highest BCUT2D eigenvalue weighted by Crippen LogP contribution is 2.43. The number of benzene rings is 2. The predicted octanol–water partition coefficient (Wildman–Crippen LogP) is 4.05. The molecule has 0 amide bonds. The molecule has 0 saturated carbocycles. The lowest BCUT2D eigenvalue weighted by molar-refractivity contribution is -0.394. The summed E-state index contributed by atoms with van der Waals surface area (Å²) in [6.07, 6.45) is -3.79. The molecule has 2 N–H and O–H groups in total. The predicted molar refractivity (Wildman–Crippen MR) is 89.9 cm³/mol. The van der Waals surface area contributed by atoms with Crippen LogP contribution in [0.15, 0.2) is 42.7 Å². The lowest BCUT2D eigenvalue weighted by Crippen LogP contribution is -2.11. The molecule has 0 bridgehead atoms. The van der Waals surface area contributed by atoms with Gasteiger partial charge in [0, 0.05) is 12.1 Å². The van der Waals surface area contributed by atoms with Crippen LogP contribution >= 0.6 is 0 Å². The van der Waals surface area contributed by atoms with Gasteiger partial charge in [0.2, 0.25) is 5.95 Å². The van der Waals surface area contributed by atoms with Gasteiger partial charge in [0.1, 0.15) is 6.33 Å². The number of non-ortho nitro benzene ring substituents is 2. The second kappa shape index (κ2) is 6.94. The highest BCUT2D eigenvalue weighted by atomic mass is 19.4. The van der Waals surface area contributed by atoms with Crippen molar-refractivity contribution in [2.24, 2.45) is 0 Å². The summed E-state index contributed by atoms with van der Waals surface area (Å²) in [7, 11) is 0. The lowest BCUT2D eigenvalue weighted by atomic mass is 9.96. The Morgan fingerprint density at radius 3 is 2.18 bits per heavy atom. The van der Waals surface area contributed by atoms with E-state index in [0.29, 0.717) is 6.07 Å². The number of aromatic nitrogens is 3. The first-order chi connectivity index (χ1) is 13.2. The van der Waals surface area contributed by atoms with Crippen molar-refractivity contribution < 1.29 is 23.0 Å². The molecule has 13 heteroatoms. The average molecular weight is 394 g/mol. The second-order valence-electron chi connectivity index (χ2n) is 5.44. The average Bonchev–Trinajstić information content (AvgIpc) is 3.13. The molecule has 0 aliphatic rings. The molecule has 1 aromatic heterocycles. The number of rotatable bonds is 5. The molecule has 0 aliphatic heterocycles. The third-order valence-electron chi connectivity index (χ3n) is 3.65. The van der Waals surface area contributed by atoms with Crippen molar-refractivity contribution in [2.75, 3.05) is 5.32 Å². The Hall–Kier alpha value is -4.03. The molecule has 0 unspecified atom stereocenters. The second-order valence-corrected chi connectivity index (χ2v) is 5.44. The minimum absolute atomic E-state index is 0.0623. The number of hydrogen-bond donors (Lipinski definition) is 2. The standard InChI is InChI=1S/C15H9F3N6O4/c16-15(17,18)13-11(2-1-3-12(13)21-14-19-7-20-22-14)8-4-9(23(25)26)6-10(5-8)24(27)28/h1-7H,(H2,19,20,21,22). The molecule has 0 radical (unpaired) electrons. The van der Waals surface area contributed by atoms with Gasteiger partial charge < -0.3 is 5.32 Å². The van der Waals surface area contributed by atoms with Crippen molar-refractivity contribution in [3.63, 3.8) is 0 Å². The van der Waals surface area contributed by atoms with Gasteiger partial charge >= 0.3 is 6.18 Å². The van der Waals surface area contributed by atoms with E-state index in [2.05, 4.69) is 20.5 Å². The van der Waals surface area contributed by atoms with E-state index in [4.69, 9.17) is 0 Å². The normalized spacial score (nSPS) is 11.2. The van der Waals surface area contributed by atoms with Gasteiger partial charge in [0.05, 0.1) is 27.2 Å². The van der Waals surface area contributed by atoms with Gasteiger partial charge in [-0.05, 0) is 17.2 Å². The van der Waals surface area contributed by atoms with Crippen LogP contribution < -0.4 is 5.32 Å². The smallest absolute Gasteiger partial charge is 0.324 e.